The zero-order chi connectivity index (χ0) is 24.8. The minimum Gasteiger partial charge on any atom is -0.458 e. The number of para-hydroxylation sites is 1. The van der Waals surface area contributed by atoms with Crippen LogP contribution in [0, 0.1) is 23.7 Å². The van der Waals surface area contributed by atoms with E-state index in [4.69, 9.17) is 4.74 Å². The molecule has 3 aromatic carbocycles. The van der Waals surface area contributed by atoms with Crippen LogP contribution in [0.15, 0.2) is 83.8 Å². The Hall–Kier alpha value is -2.72. The van der Waals surface area contributed by atoms with Crippen LogP contribution in [0.25, 0.3) is 0 Å². The third kappa shape index (κ3) is 4.58. The van der Waals surface area contributed by atoms with Crippen LogP contribution in [-0.4, -0.2) is 23.6 Å². The van der Waals surface area contributed by atoms with Crippen LogP contribution in [0.4, 0.5) is 17.1 Å². The van der Waals surface area contributed by atoms with E-state index < -0.39 is 0 Å². The summed E-state index contributed by atoms with van der Waals surface area (Å²) < 4.78 is 6.19. The molecule has 0 N–H and O–H groups in total. The molecule has 1 heterocycles. The summed E-state index contributed by atoms with van der Waals surface area (Å²) in [7, 11) is 0.415. The van der Waals surface area contributed by atoms with Crippen molar-refractivity contribution >= 4 is 33.9 Å². The Morgan fingerprint density at radius 2 is 1.22 bits per heavy atom. The number of hydrogen-bond donors (Lipinski definition) is 0. The van der Waals surface area contributed by atoms with Gasteiger partial charge in [-0.1, -0.05) is 18.2 Å². The van der Waals surface area contributed by atoms with Crippen molar-refractivity contribution in [2.45, 2.75) is 55.9 Å². The second-order valence-corrected chi connectivity index (χ2v) is 13.9. The maximum absolute atomic E-state index is 13.2. The lowest BCUT2D eigenvalue weighted by atomic mass is 9.55. The molecule has 190 valence electrons. The summed E-state index contributed by atoms with van der Waals surface area (Å²) >= 11 is 0. The lowest BCUT2D eigenvalue weighted by molar-refractivity contribution is -0.101. The fourth-order valence-electron chi connectivity index (χ4n) is 7.71. The molecule has 37 heavy (non-hydrogen) atoms. The fourth-order valence-corrected chi connectivity index (χ4v) is 10.0. The SMILES string of the molecule is O=C(OC1C2CC3CC(C2)CC1C3)c1ccc(N(c2ccccc2)c2ccc([S+]3CCCC3)cc2)cc1. The van der Waals surface area contributed by atoms with Gasteiger partial charge in [-0.05, 0) is 129 Å². The van der Waals surface area contributed by atoms with Crippen molar-refractivity contribution in [2.24, 2.45) is 23.7 Å². The number of esters is 1. The molecule has 3 aromatic rings. The van der Waals surface area contributed by atoms with E-state index >= 15 is 0 Å². The molecule has 1 saturated heterocycles. The van der Waals surface area contributed by atoms with Gasteiger partial charge in [0.05, 0.1) is 5.56 Å². The summed E-state index contributed by atoms with van der Waals surface area (Å²) in [6.45, 7) is 0. The van der Waals surface area contributed by atoms with Gasteiger partial charge >= 0.3 is 5.97 Å². The maximum atomic E-state index is 13.2. The summed E-state index contributed by atoms with van der Waals surface area (Å²) in [6.07, 6.45) is 9.30. The van der Waals surface area contributed by atoms with Gasteiger partial charge in [0.1, 0.15) is 17.6 Å². The lowest BCUT2D eigenvalue weighted by Crippen LogP contribution is -2.50. The van der Waals surface area contributed by atoms with Crippen LogP contribution in [0.1, 0.15) is 55.3 Å². The molecule has 1 aliphatic heterocycles. The van der Waals surface area contributed by atoms with Crippen LogP contribution in [-0.2, 0) is 15.6 Å². The molecule has 0 amide bonds. The topological polar surface area (TPSA) is 29.5 Å². The molecule has 5 aliphatic rings. The molecule has 4 saturated carbocycles. The number of hydrogen-bond acceptors (Lipinski definition) is 3. The first-order valence-electron chi connectivity index (χ1n) is 14.1. The highest BCUT2D eigenvalue weighted by Crippen LogP contribution is 2.54. The Kier molecular flexibility index (Phi) is 6.24. The van der Waals surface area contributed by atoms with Crippen molar-refractivity contribution in [3.8, 4) is 0 Å². The number of benzene rings is 3. The number of nitrogens with zero attached hydrogens (tertiary/aromatic N) is 1. The van der Waals surface area contributed by atoms with E-state index in [2.05, 4.69) is 71.6 Å². The average Bonchev–Trinajstić information content (AvgIpc) is 3.47. The summed E-state index contributed by atoms with van der Waals surface area (Å²) in [6, 6.07) is 27.6. The summed E-state index contributed by atoms with van der Waals surface area (Å²) in [5.74, 6) is 5.45. The van der Waals surface area contributed by atoms with Gasteiger partial charge in [0.2, 0.25) is 0 Å². The zero-order valence-electron chi connectivity index (χ0n) is 21.4. The van der Waals surface area contributed by atoms with Crippen molar-refractivity contribution in [3.05, 3.63) is 84.4 Å². The molecule has 5 fully saturated rings. The Bertz CT molecular complexity index is 1210. The molecule has 3 nitrogen and oxygen atoms in total. The predicted molar refractivity (Wildman–Crippen MR) is 152 cm³/mol. The molecule has 4 bridgehead atoms. The molecular weight excluding hydrogens is 474 g/mol. The van der Waals surface area contributed by atoms with E-state index in [0.29, 0.717) is 28.3 Å². The molecule has 0 unspecified atom stereocenters. The molecule has 0 atom stereocenters. The van der Waals surface area contributed by atoms with Crippen LogP contribution < -0.4 is 4.90 Å². The number of carbonyl (C=O) groups is 1. The molecule has 8 rings (SSSR count). The quantitative estimate of drug-likeness (QED) is 0.249. The third-order valence-corrected chi connectivity index (χ3v) is 11.7. The van der Waals surface area contributed by atoms with Crippen LogP contribution in [0.5, 0.6) is 0 Å². The van der Waals surface area contributed by atoms with E-state index in [-0.39, 0.29) is 12.1 Å². The van der Waals surface area contributed by atoms with Crippen LogP contribution in [0.2, 0.25) is 0 Å². The van der Waals surface area contributed by atoms with E-state index in [1.54, 1.807) is 0 Å². The van der Waals surface area contributed by atoms with Gasteiger partial charge in [-0.3, -0.25) is 0 Å². The normalized spacial score (nSPS) is 28.4. The van der Waals surface area contributed by atoms with Gasteiger partial charge in [-0.2, -0.15) is 0 Å². The third-order valence-electron chi connectivity index (χ3n) is 9.22. The number of anilines is 3. The first-order valence-corrected chi connectivity index (χ1v) is 15.7. The monoisotopic (exact) mass is 510 g/mol. The minimum atomic E-state index is -0.155. The number of rotatable bonds is 6. The van der Waals surface area contributed by atoms with Gasteiger partial charge < -0.3 is 9.64 Å². The Morgan fingerprint density at radius 3 is 1.81 bits per heavy atom. The van der Waals surface area contributed by atoms with E-state index in [1.807, 2.05) is 12.1 Å². The molecule has 0 spiro atoms. The highest BCUT2D eigenvalue weighted by molar-refractivity contribution is 7.97. The van der Waals surface area contributed by atoms with Crippen molar-refractivity contribution in [2.75, 3.05) is 16.4 Å². The van der Waals surface area contributed by atoms with E-state index in [9.17, 15) is 4.79 Å². The highest BCUT2D eigenvalue weighted by atomic mass is 32.2. The Morgan fingerprint density at radius 1 is 0.676 bits per heavy atom. The zero-order valence-corrected chi connectivity index (χ0v) is 22.2. The van der Waals surface area contributed by atoms with Gasteiger partial charge in [0, 0.05) is 28.0 Å². The maximum Gasteiger partial charge on any atom is 0.338 e. The lowest BCUT2D eigenvalue weighted by Gasteiger charge is -2.53. The van der Waals surface area contributed by atoms with Gasteiger partial charge in [0.15, 0.2) is 4.90 Å². The van der Waals surface area contributed by atoms with Crippen LogP contribution >= 0.6 is 0 Å². The second-order valence-electron chi connectivity index (χ2n) is 11.6. The minimum absolute atomic E-state index is 0.125. The summed E-state index contributed by atoms with van der Waals surface area (Å²) in [5.41, 5.74) is 3.96. The van der Waals surface area contributed by atoms with Gasteiger partial charge in [-0.25, -0.2) is 4.79 Å². The number of ether oxygens (including phenoxy) is 1. The predicted octanol–water partition coefficient (Wildman–Crippen LogP) is 7.91. The van der Waals surface area contributed by atoms with Crippen molar-refractivity contribution in [1.29, 1.82) is 0 Å². The second kappa shape index (κ2) is 9.87. The van der Waals surface area contributed by atoms with Crippen LogP contribution in [0.3, 0.4) is 0 Å². The van der Waals surface area contributed by atoms with E-state index in [0.717, 1.165) is 28.9 Å². The smallest absolute Gasteiger partial charge is 0.338 e. The van der Waals surface area contributed by atoms with Crippen molar-refractivity contribution < 1.29 is 9.53 Å². The fraction of sp³-hybridized carbons (Fsp3) is 0.424. The Balaban J connectivity index is 1.11. The highest BCUT2D eigenvalue weighted by Gasteiger charge is 2.50. The summed E-state index contributed by atoms with van der Waals surface area (Å²) in [5, 5.41) is 0. The first kappa shape index (κ1) is 23.4. The first-order chi connectivity index (χ1) is 18.2. The number of carbonyl (C=O) groups excluding carboxylic acids is 1. The molecule has 4 aliphatic carbocycles. The van der Waals surface area contributed by atoms with Crippen molar-refractivity contribution in [3.63, 3.8) is 0 Å². The molecular formula is C33H36NO2S+. The molecule has 0 radical (unpaired) electrons. The van der Waals surface area contributed by atoms with Crippen molar-refractivity contribution in [1.82, 2.24) is 0 Å². The molecule has 0 aromatic heterocycles. The molecule has 4 heteroatoms. The van der Waals surface area contributed by atoms with Gasteiger partial charge in [-0.15, -0.1) is 0 Å². The van der Waals surface area contributed by atoms with Gasteiger partial charge in [0.25, 0.3) is 0 Å². The Labute approximate surface area is 223 Å². The largest absolute Gasteiger partial charge is 0.458 e. The standard InChI is InChI=1S/C33H36NO2S/c35-33(36-32-26-19-23-18-24(21-26)22-27(32)20-23)25-8-10-29(11-9-25)34(28-6-2-1-3-7-28)30-12-14-31(15-13-30)37-16-4-5-17-37/h1-3,6-15,23-24,26-27,32H,4-5,16-22H2/q+1. The summed E-state index contributed by atoms with van der Waals surface area (Å²) in [4.78, 5) is 16.9. The average molecular weight is 511 g/mol. The van der Waals surface area contributed by atoms with E-state index in [1.165, 1.54) is 61.3 Å².